The highest BCUT2D eigenvalue weighted by atomic mass is 16.5. The fraction of sp³-hybridized carbons (Fsp3) is 0.333. The molecule has 1 atom stereocenters. The first kappa shape index (κ1) is 10.6. The lowest BCUT2D eigenvalue weighted by atomic mass is 10.1. The first-order chi connectivity index (χ1) is 9.40. The second-order valence-electron chi connectivity index (χ2n) is 4.53. The smallest absolute Gasteiger partial charge is 0.259 e. The third kappa shape index (κ3) is 1.78. The van der Waals surface area contributed by atoms with Crippen molar-refractivity contribution in [2.45, 2.75) is 12.3 Å². The SMILES string of the molecule is c1cc2nncn2cc1-c1nc(C2CCOC2)no1. The molecule has 19 heavy (non-hydrogen) atoms. The summed E-state index contributed by atoms with van der Waals surface area (Å²) >= 11 is 0. The van der Waals surface area contributed by atoms with Crippen LogP contribution in [0.5, 0.6) is 0 Å². The van der Waals surface area contributed by atoms with E-state index in [0.717, 1.165) is 30.1 Å². The van der Waals surface area contributed by atoms with Crippen molar-refractivity contribution >= 4 is 5.65 Å². The van der Waals surface area contributed by atoms with Crippen LogP contribution in [0.4, 0.5) is 0 Å². The van der Waals surface area contributed by atoms with Gasteiger partial charge in [0.05, 0.1) is 12.2 Å². The summed E-state index contributed by atoms with van der Waals surface area (Å²) in [5.74, 6) is 1.48. The van der Waals surface area contributed by atoms with Gasteiger partial charge in [0.2, 0.25) is 0 Å². The minimum atomic E-state index is 0.246. The Bertz CT molecular complexity index is 714. The van der Waals surface area contributed by atoms with Gasteiger partial charge in [-0.2, -0.15) is 4.98 Å². The van der Waals surface area contributed by atoms with Crippen molar-refractivity contribution in [2.75, 3.05) is 13.2 Å². The number of aromatic nitrogens is 5. The molecule has 4 rings (SSSR count). The molecule has 1 saturated heterocycles. The van der Waals surface area contributed by atoms with Gasteiger partial charge in [-0.15, -0.1) is 10.2 Å². The van der Waals surface area contributed by atoms with Gasteiger partial charge in [0.25, 0.3) is 5.89 Å². The van der Waals surface area contributed by atoms with E-state index >= 15 is 0 Å². The summed E-state index contributed by atoms with van der Waals surface area (Å²) in [6.07, 6.45) is 4.46. The number of nitrogens with zero attached hydrogens (tertiary/aromatic N) is 5. The van der Waals surface area contributed by atoms with E-state index in [0.29, 0.717) is 12.5 Å². The van der Waals surface area contributed by atoms with Gasteiger partial charge in [-0.1, -0.05) is 5.16 Å². The zero-order chi connectivity index (χ0) is 12.7. The second-order valence-corrected chi connectivity index (χ2v) is 4.53. The maximum atomic E-state index is 5.33. The maximum absolute atomic E-state index is 5.33. The lowest BCUT2D eigenvalue weighted by Crippen LogP contribution is -1.99. The molecule has 0 amide bonds. The van der Waals surface area contributed by atoms with E-state index in [4.69, 9.17) is 9.26 Å². The normalized spacial score (nSPS) is 19.3. The highest BCUT2D eigenvalue weighted by Gasteiger charge is 2.23. The zero-order valence-corrected chi connectivity index (χ0v) is 10.1. The van der Waals surface area contributed by atoms with Gasteiger partial charge in [0.1, 0.15) is 6.33 Å². The molecule has 0 saturated carbocycles. The second kappa shape index (κ2) is 4.13. The molecule has 7 nitrogen and oxygen atoms in total. The van der Waals surface area contributed by atoms with Crippen LogP contribution in [0.2, 0.25) is 0 Å². The minimum Gasteiger partial charge on any atom is -0.381 e. The number of hydrogen-bond donors (Lipinski definition) is 0. The molecule has 3 aromatic heterocycles. The molecule has 7 heteroatoms. The largest absolute Gasteiger partial charge is 0.381 e. The predicted octanol–water partition coefficient (Wildman–Crippen LogP) is 1.28. The van der Waals surface area contributed by atoms with Crippen LogP contribution >= 0.6 is 0 Å². The molecule has 0 bridgehead atoms. The van der Waals surface area contributed by atoms with Crippen molar-refractivity contribution in [1.82, 2.24) is 24.7 Å². The van der Waals surface area contributed by atoms with Gasteiger partial charge >= 0.3 is 0 Å². The molecule has 0 aliphatic carbocycles. The summed E-state index contributed by atoms with van der Waals surface area (Å²) in [7, 11) is 0. The Balaban J connectivity index is 1.70. The third-order valence-electron chi connectivity index (χ3n) is 3.27. The summed E-state index contributed by atoms with van der Waals surface area (Å²) in [5.41, 5.74) is 1.64. The van der Waals surface area contributed by atoms with Crippen LogP contribution in [0.3, 0.4) is 0 Å². The van der Waals surface area contributed by atoms with Gasteiger partial charge in [0, 0.05) is 18.7 Å². The zero-order valence-electron chi connectivity index (χ0n) is 10.1. The van der Waals surface area contributed by atoms with Crippen molar-refractivity contribution in [3.8, 4) is 11.5 Å². The number of pyridine rings is 1. The van der Waals surface area contributed by atoms with Crippen LogP contribution in [0.1, 0.15) is 18.2 Å². The van der Waals surface area contributed by atoms with E-state index in [1.165, 1.54) is 0 Å². The molecule has 1 aliphatic rings. The van der Waals surface area contributed by atoms with E-state index in [-0.39, 0.29) is 5.92 Å². The summed E-state index contributed by atoms with van der Waals surface area (Å²) in [6.45, 7) is 1.44. The van der Waals surface area contributed by atoms with E-state index in [9.17, 15) is 0 Å². The Labute approximate surface area is 108 Å². The molecule has 1 fully saturated rings. The van der Waals surface area contributed by atoms with Crippen molar-refractivity contribution in [3.05, 3.63) is 30.5 Å². The lowest BCUT2D eigenvalue weighted by Gasteiger charge is -1.98. The molecule has 0 radical (unpaired) electrons. The Morgan fingerprint density at radius 1 is 1.32 bits per heavy atom. The molecule has 0 aromatic carbocycles. The van der Waals surface area contributed by atoms with Crippen LogP contribution in [-0.4, -0.2) is 38.0 Å². The summed E-state index contributed by atoms with van der Waals surface area (Å²) < 4.78 is 12.5. The van der Waals surface area contributed by atoms with E-state index in [2.05, 4.69) is 20.3 Å². The fourth-order valence-corrected chi connectivity index (χ4v) is 2.21. The number of ether oxygens (including phenoxy) is 1. The van der Waals surface area contributed by atoms with Crippen LogP contribution < -0.4 is 0 Å². The number of rotatable bonds is 2. The summed E-state index contributed by atoms with van der Waals surface area (Å²) in [6, 6.07) is 3.76. The first-order valence-electron chi connectivity index (χ1n) is 6.11. The molecule has 3 aromatic rings. The summed E-state index contributed by atoms with van der Waals surface area (Å²) in [4.78, 5) is 4.44. The van der Waals surface area contributed by atoms with Crippen molar-refractivity contribution in [2.24, 2.45) is 0 Å². The minimum absolute atomic E-state index is 0.246. The first-order valence-corrected chi connectivity index (χ1v) is 6.11. The monoisotopic (exact) mass is 257 g/mol. The quantitative estimate of drug-likeness (QED) is 0.688. The predicted molar refractivity (Wildman–Crippen MR) is 64.5 cm³/mol. The molecular weight excluding hydrogens is 246 g/mol. The molecule has 0 spiro atoms. The van der Waals surface area contributed by atoms with Crippen molar-refractivity contribution < 1.29 is 9.26 Å². The van der Waals surface area contributed by atoms with Gasteiger partial charge in [-0.05, 0) is 18.6 Å². The molecular formula is C12H11N5O2. The van der Waals surface area contributed by atoms with Crippen LogP contribution in [0.15, 0.2) is 29.2 Å². The Hall–Kier alpha value is -2.28. The lowest BCUT2D eigenvalue weighted by molar-refractivity contribution is 0.192. The highest BCUT2D eigenvalue weighted by Crippen LogP contribution is 2.25. The van der Waals surface area contributed by atoms with Gasteiger partial charge < -0.3 is 9.26 Å². The van der Waals surface area contributed by atoms with Gasteiger partial charge in [-0.3, -0.25) is 4.40 Å². The average molecular weight is 257 g/mol. The van der Waals surface area contributed by atoms with Crippen LogP contribution in [0, 0.1) is 0 Å². The number of hydrogen-bond acceptors (Lipinski definition) is 6. The molecule has 4 heterocycles. The van der Waals surface area contributed by atoms with Crippen LogP contribution in [0.25, 0.3) is 17.1 Å². The van der Waals surface area contributed by atoms with Crippen molar-refractivity contribution in [1.29, 1.82) is 0 Å². The third-order valence-corrected chi connectivity index (χ3v) is 3.27. The average Bonchev–Trinajstić information content (AvgIpc) is 3.18. The Morgan fingerprint density at radius 2 is 2.32 bits per heavy atom. The Morgan fingerprint density at radius 3 is 3.21 bits per heavy atom. The highest BCUT2D eigenvalue weighted by molar-refractivity contribution is 5.55. The van der Waals surface area contributed by atoms with Gasteiger partial charge in [0.15, 0.2) is 11.5 Å². The van der Waals surface area contributed by atoms with E-state index in [1.807, 2.05) is 22.7 Å². The topological polar surface area (TPSA) is 78.3 Å². The maximum Gasteiger partial charge on any atom is 0.259 e. The number of fused-ring (bicyclic) bond motifs is 1. The molecule has 1 unspecified atom stereocenters. The van der Waals surface area contributed by atoms with Gasteiger partial charge in [-0.25, -0.2) is 0 Å². The van der Waals surface area contributed by atoms with Crippen molar-refractivity contribution in [3.63, 3.8) is 0 Å². The summed E-state index contributed by atoms with van der Waals surface area (Å²) in [5, 5.41) is 11.8. The van der Waals surface area contributed by atoms with E-state index in [1.54, 1.807) is 6.33 Å². The molecule has 1 aliphatic heterocycles. The van der Waals surface area contributed by atoms with Crippen LogP contribution in [-0.2, 0) is 4.74 Å². The fourth-order valence-electron chi connectivity index (χ4n) is 2.21. The Kier molecular flexibility index (Phi) is 2.31. The standard InChI is InChI=1S/C12H11N5O2/c1-2-10-15-13-7-17(10)5-8(1)12-14-11(16-19-12)9-3-4-18-6-9/h1-2,5,7,9H,3-4,6H2. The molecule has 0 N–H and O–H groups in total. The van der Waals surface area contributed by atoms with E-state index < -0.39 is 0 Å². The molecule has 96 valence electrons.